The summed E-state index contributed by atoms with van der Waals surface area (Å²) in [5.41, 5.74) is 2.15. The third-order valence-electron chi connectivity index (χ3n) is 4.55. The lowest BCUT2D eigenvalue weighted by molar-refractivity contribution is -0.145. The molecule has 0 saturated carbocycles. The monoisotopic (exact) mass is 420 g/mol. The zero-order valence-corrected chi connectivity index (χ0v) is 18.3. The van der Waals surface area contributed by atoms with Crippen LogP contribution in [0.5, 0.6) is 0 Å². The third-order valence-corrected chi connectivity index (χ3v) is 5.41. The molecule has 1 atom stereocenters. The number of rotatable bonds is 9. The molecule has 29 heavy (non-hydrogen) atoms. The summed E-state index contributed by atoms with van der Waals surface area (Å²) >= 11 is 1.65. The molecular formula is C21H28N2O5S. The minimum absolute atomic E-state index is 0.190. The van der Waals surface area contributed by atoms with Crippen molar-refractivity contribution in [2.45, 2.75) is 46.7 Å². The number of carbonyl (C=O) groups excluding carboxylic acids is 3. The molecule has 0 aromatic carbocycles. The Bertz CT molecular complexity index is 855. The van der Waals surface area contributed by atoms with E-state index in [1.54, 1.807) is 17.4 Å². The van der Waals surface area contributed by atoms with Crippen LogP contribution < -0.4 is 5.32 Å². The number of hydrogen-bond donors (Lipinski definition) is 1. The molecule has 0 saturated heterocycles. The summed E-state index contributed by atoms with van der Waals surface area (Å²) in [4.78, 5) is 37.6. The minimum atomic E-state index is -0.762. The van der Waals surface area contributed by atoms with Gasteiger partial charge in [-0.1, -0.05) is 19.9 Å². The van der Waals surface area contributed by atoms with Crippen molar-refractivity contribution in [3.05, 3.63) is 45.4 Å². The van der Waals surface area contributed by atoms with Gasteiger partial charge in [0.15, 0.2) is 6.61 Å². The van der Waals surface area contributed by atoms with Crippen LogP contribution in [0.25, 0.3) is 0 Å². The quantitative estimate of drug-likeness (QED) is 0.630. The molecule has 0 spiro atoms. The number of ether oxygens (including phenoxy) is 2. The van der Waals surface area contributed by atoms with Gasteiger partial charge in [-0.05, 0) is 43.7 Å². The molecule has 158 valence electrons. The second kappa shape index (κ2) is 10.2. The second-order valence-corrected chi connectivity index (χ2v) is 8.33. The molecule has 2 aromatic rings. The zero-order chi connectivity index (χ0) is 21.6. The standard InChI is InChI=1S/C21H28N2O5S/c1-13(2)9-18(21(26)27-5)22-19(24)12-28-20(25)17-10-14(3)23(15(17)4)11-16-7-6-8-29-16/h6-8,10,13,18H,9,11-12H2,1-5H3,(H,22,24)/t18-/m1/s1. The number of nitrogens with zero attached hydrogens (tertiary/aromatic N) is 1. The Morgan fingerprint density at radius 3 is 2.55 bits per heavy atom. The smallest absolute Gasteiger partial charge is 0.340 e. The fourth-order valence-electron chi connectivity index (χ4n) is 3.08. The van der Waals surface area contributed by atoms with Crippen molar-refractivity contribution in [2.75, 3.05) is 13.7 Å². The van der Waals surface area contributed by atoms with Crippen LogP contribution in [0.1, 0.15) is 46.9 Å². The molecule has 8 heteroatoms. The average Bonchev–Trinajstić information content (AvgIpc) is 3.28. The van der Waals surface area contributed by atoms with Crippen LogP contribution in [0.4, 0.5) is 0 Å². The van der Waals surface area contributed by atoms with E-state index in [9.17, 15) is 14.4 Å². The molecule has 0 fully saturated rings. The molecule has 2 rings (SSSR count). The van der Waals surface area contributed by atoms with Crippen LogP contribution in [0.3, 0.4) is 0 Å². The van der Waals surface area contributed by atoms with E-state index in [0.29, 0.717) is 18.5 Å². The first-order valence-corrected chi connectivity index (χ1v) is 10.3. The maximum absolute atomic E-state index is 12.5. The van der Waals surface area contributed by atoms with Crippen LogP contribution in [0.2, 0.25) is 0 Å². The van der Waals surface area contributed by atoms with Crippen LogP contribution in [-0.2, 0) is 25.6 Å². The average molecular weight is 421 g/mol. The molecule has 0 radical (unpaired) electrons. The predicted molar refractivity (Wildman–Crippen MR) is 111 cm³/mol. The van der Waals surface area contributed by atoms with Crippen LogP contribution >= 0.6 is 11.3 Å². The maximum atomic E-state index is 12.5. The number of aromatic nitrogens is 1. The van der Waals surface area contributed by atoms with E-state index in [0.717, 1.165) is 11.4 Å². The molecule has 2 aromatic heterocycles. The molecule has 0 aliphatic rings. The summed E-state index contributed by atoms with van der Waals surface area (Å²) in [5.74, 6) is -1.43. The van der Waals surface area contributed by atoms with E-state index in [-0.39, 0.29) is 5.92 Å². The lowest BCUT2D eigenvalue weighted by Crippen LogP contribution is -2.44. The number of thiophene rings is 1. The van der Waals surface area contributed by atoms with E-state index >= 15 is 0 Å². The van der Waals surface area contributed by atoms with Crippen LogP contribution in [0, 0.1) is 19.8 Å². The van der Waals surface area contributed by atoms with E-state index < -0.39 is 30.5 Å². The number of hydrogen-bond acceptors (Lipinski definition) is 6. The Hall–Kier alpha value is -2.61. The lowest BCUT2D eigenvalue weighted by Gasteiger charge is -2.18. The van der Waals surface area contributed by atoms with Crippen molar-refractivity contribution < 1.29 is 23.9 Å². The summed E-state index contributed by atoms with van der Waals surface area (Å²) in [5, 5.41) is 4.58. The maximum Gasteiger partial charge on any atom is 0.340 e. The van der Waals surface area contributed by atoms with E-state index in [4.69, 9.17) is 9.47 Å². The molecule has 0 aliphatic carbocycles. The van der Waals surface area contributed by atoms with Gasteiger partial charge in [0.2, 0.25) is 0 Å². The summed E-state index contributed by atoms with van der Waals surface area (Å²) in [7, 11) is 1.27. The molecule has 2 heterocycles. The Labute approximate surface area is 175 Å². The Morgan fingerprint density at radius 2 is 1.97 bits per heavy atom. The van der Waals surface area contributed by atoms with Gasteiger partial charge in [-0.2, -0.15) is 0 Å². The molecule has 1 amide bonds. The van der Waals surface area contributed by atoms with E-state index in [1.165, 1.54) is 12.0 Å². The van der Waals surface area contributed by atoms with Crippen LogP contribution in [0.15, 0.2) is 23.6 Å². The minimum Gasteiger partial charge on any atom is -0.467 e. The number of methoxy groups -OCH3 is 1. The number of carbonyl (C=O) groups is 3. The van der Waals surface area contributed by atoms with Crippen molar-refractivity contribution in [1.29, 1.82) is 0 Å². The summed E-state index contributed by atoms with van der Waals surface area (Å²) in [6, 6.07) is 5.03. The zero-order valence-electron chi connectivity index (χ0n) is 17.5. The number of nitrogens with one attached hydrogen (secondary N) is 1. The molecular weight excluding hydrogens is 392 g/mol. The van der Waals surface area contributed by atoms with Gasteiger partial charge < -0.3 is 19.4 Å². The van der Waals surface area contributed by atoms with Crippen molar-refractivity contribution in [3.8, 4) is 0 Å². The SMILES string of the molecule is COC(=O)[C@@H](CC(C)C)NC(=O)COC(=O)c1cc(C)n(Cc2cccs2)c1C. The van der Waals surface area contributed by atoms with Gasteiger partial charge in [-0.15, -0.1) is 11.3 Å². The highest BCUT2D eigenvalue weighted by Crippen LogP contribution is 2.20. The second-order valence-electron chi connectivity index (χ2n) is 7.30. The van der Waals surface area contributed by atoms with Gasteiger partial charge in [-0.25, -0.2) is 9.59 Å². The normalized spacial score (nSPS) is 11.9. The highest BCUT2D eigenvalue weighted by Gasteiger charge is 2.24. The fourth-order valence-corrected chi connectivity index (χ4v) is 3.77. The first-order chi connectivity index (χ1) is 13.7. The summed E-state index contributed by atoms with van der Waals surface area (Å²) in [6.45, 7) is 7.88. The van der Waals surface area contributed by atoms with Gasteiger partial charge >= 0.3 is 11.9 Å². The largest absolute Gasteiger partial charge is 0.467 e. The summed E-state index contributed by atoms with van der Waals surface area (Å²) < 4.78 is 11.9. The Morgan fingerprint density at radius 1 is 1.24 bits per heavy atom. The molecule has 0 bridgehead atoms. The number of aryl methyl sites for hydroxylation is 1. The first-order valence-electron chi connectivity index (χ1n) is 9.46. The van der Waals surface area contributed by atoms with Crippen molar-refractivity contribution >= 4 is 29.2 Å². The molecule has 0 aliphatic heterocycles. The van der Waals surface area contributed by atoms with Gasteiger partial charge in [0.1, 0.15) is 6.04 Å². The molecule has 0 unspecified atom stereocenters. The highest BCUT2D eigenvalue weighted by molar-refractivity contribution is 7.09. The van der Waals surface area contributed by atoms with Crippen LogP contribution in [-0.4, -0.2) is 42.2 Å². The van der Waals surface area contributed by atoms with Crippen molar-refractivity contribution in [3.63, 3.8) is 0 Å². The predicted octanol–water partition coefficient (Wildman–Crippen LogP) is 3.08. The van der Waals surface area contributed by atoms with Gasteiger partial charge in [0.05, 0.1) is 19.2 Å². The number of esters is 2. The Kier molecular flexibility index (Phi) is 8.01. The fraction of sp³-hybridized carbons (Fsp3) is 0.476. The lowest BCUT2D eigenvalue weighted by atomic mass is 10.0. The van der Waals surface area contributed by atoms with Gasteiger partial charge in [0.25, 0.3) is 5.91 Å². The number of amides is 1. The Balaban J connectivity index is 1.98. The molecule has 1 N–H and O–H groups in total. The summed E-state index contributed by atoms with van der Waals surface area (Å²) in [6.07, 6.45) is 0.441. The molecule has 7 nitrogen and oxygen atoms in total. The van der Waals surface area contributed by atoms with Gasteiger partial charge in [-0.3, -0.25) is 4.79 Å². The first kappa shape index (κ1) is 22.7. The highest BCUT2D eigenvalue weighted by atomic mass is 32.1. The van der Waals surface area contributed by atoms with Gasteiger partial charge in [0, 0.05) is 16.3 Å². The van der Waals surface area contributed by atoms with E-state index in [1.807, 2.05) is 49.8 Å². The van der Waals surface area contributed by atoms with Crippen molar-refractivity contribution in [2.24, 2.45) is 5.92 Å². The third kappa shape index (κ3) is 6.19. The van der Waals surface area contributed by atoms with E-state index in [2.05, 4.69) is 5.32 Å². The van der Waals surface area contributed by atoms with Crippen molar-refractivity contribution in [1.82, 2.24) is 9.88 Å². The topological polar surface area (TPSA) is 86.6 Å².